The summed E-state index contributed by atoms with van der Waals surface area (Å²) in [5, 5.41) is 20.2. The van der Waals surface area contributed by atoms with Crippen molar-refractivity contribution in [2.24, 2.45) is 0 Å². The van der Waals surface area contributed by atoms with Gasteiger partial charge in [-0.3, -0.25) is 4.79 Å². The second-order valence-electron chi connectivity index (χ2n) is 5.75. The topological polar surface area (TPSA) is 99.5 Å². The van der Waals surface area contributed by atoms with Gasteiger partial charge >= 0.3 is 6.09 Å². The zero-order valence-electron chi connectivity index (χ0n) is 13.4. The van der Waals surface area contributed by atoms with Gasteiger partial charge < -0.3 is 24.6 Å². The van der Waals surface area contributed by atoms with Gasteiger partial charge in [0.2, 0.25) is 0 Å². The number of amides is 2. The lowest BCUT2D eigenvalue weighted by molar-refractivity contribution is 0.0511. The van der Waals surface area contributed by atoms with E-state index in [9.17, 15) is 19.8 Å². The van der Waals surface area contributed by atoms with Gasteiger partial charge in [-0.25, -0.2) is 9.69 Å². The minimum Gasteiger partial charge on any atom is -0.493 e. The maximum absolute atomic E-state index is 12.9. The van der Waals surface area contributed by atoms with E-state index in [1.807, 2.05) is 0 Å². The number of rotatable bonds is 2. The number of fused-ring (bicyclic) bond motifs is 2. The predicted octanol–water partition coefficient (Wildman–Crippen LogP) is 1.29. The molecule has 2 N–H and O–H groups in total. The Bertz CT molecular complexity index is 732. The molecule has 2 atom stereocenters. The smallest absolute Gasteiger partial charge is 0.414 e. The highest BCUT2D eigenvalue weighted by atomic mass is 16.5. The molecular formula is C16H18N2O6. The number of aliphatic hydroxyl groups excluding tert-OH is 1. The monoisotopic (exact) mass is 334 g/mol. The highest BCUT2D eigenvalue weighted by molar-refractivity contribution is 6.05. The van der Waals surface area contributed by atoms with Crippen molar-refractivity contribution in [3.8, 4) is 11.5 Å². The van der Waals surface area contributed by atoms with Crippen LogP contribution in [0, 0.1) is 0 Å². The molecule has 8 nitrogen and oxygen atoms in total. The summed E-state index contributed by atoms with van der Waals surface area (Å²) in [7, 11) is 2.84. The average Bonchev–Trinajstić information content (AvgIpc) is 2.92. The van der Waals surface area contributed by atoms with Gasteiger partial charge in [0.15, 0.2) is 17.7 Å². The fourth-order valence-corrected chi connectivity index (χ4v) is 3.24. The van der Waals surface area contributed by atoms with Gasteiger partial charge in [0.25, 0.3) is 5.91 Å². The summed E-state index contributed by atoms with van der Waals surface area (Å²) in [6.07, 6.45) is -2.41. The van der Waals surface area contributed by atoms with Gasteiger partial charge in [-0.05, 0) is 12.5 Å². The molecule has 8 heteroatoms. The van der Waals surface area contributed by atoms with Crippen molar-refractivity contribution in [1.82, 2.24) is 4.90 Å². The molecule has 1 aromatic rings. The van der Waals surface area contributed by atoms with Gasteiger partial charge in [-0.2, -0.15) is 0 Å². The zero-order chi connectivity index (χ0) is 17.6. The lowest BCUT2D eigenvalue weighted by atomic mass is 10.1. The van der Waals surface area contributed by atoms with Gasteiger partial charge in [-0.1, -0.05) is 12.2 Å². The number of carboxylic acid groups (broad SMARTS) is 1. The minimum absolute atomic E-state index is 0.0673. The Kier molecular flexibility index (Phi) is 3.84. The van der Waals surface area contributed by atoms with Crippen LogP contribution >= 0.6 is 0 Å². The number of benzene rings is 1. The molecule has 0 spiro atoms. The lowest BCUT2D eigenvalue weighted by Crippen LogP contribution is -2.50. The Hall–Kier alpha value is -2.74. The summed E-state index contributed by atoms with van der Waals surface area (Å²) in [5.74, 6) is 0.201. The molecule has 24 heavy (non-hydrogen) atoms. The second-order valence-corrected chi connectivity index (χ2v) is 5.75. The van der Waals surface area contributed by atoms with Crippen LogP contribution in [-0.2, 0) is 0 Å². The summed E-state index contributed by atoms with van der Waals surface area (Å²) < 4.78 is 10.4. The first-order chi connectivity index (χ1) is 11.4. The number of hydrogen-bond acceptors (Lipinski definition) is 5. The van der Waals surface area contributed by atoms with Crippen LogP contribution in [0.3, 0.4) is 0 Å². The number of nitrogens with zero attached hydrogens (tertiary/aromatic N) is 2. The maximum Gasteiger partial charge on any atom is 0.414 e. The number of carbonyl (C=O) groups is 2. The van der Waals surface area contributed by atoms with Crippen molar-refractivity contribution >= 4 is 17.7 Å². The van der Waals surface area contributed by atoms with Gasteiger partial charge in [-0.15, -0.1) is 0 Å². The van der Waals surface area contributed by atoms with E-state index in [2.05, 4.69) is 6.58 Å². The highest BCUT2D eigenvalue weighted by Crippen LogP contribution is 2.41. The molecule has 0 saturated carbocycles. The van der Waals surface area contributed by atoms with Gasteiger partial charge in [0.1, 0.15) is 0 Å². The number of carbonyl (C=O) groups excluding carboxylic acids is 1. The van der Waals surface area contributed by atoms with Crippen LogP contribution in [0.4, 0.5) is 10.5 Å². The predicted molar refractivity (Wildman–Crippen MR) is 84.6 cm³/mol. The van der Waals surface area contributed by atoms with E-state index >= 15 is 0 Å². The molecule has 0 aromatic heterocycles. The number of aliphatic hydroxyl groups is 1. The number of hydrogen-bond donors (Lipinski definition) is 2. The average molecular weight is 334 g/mol. The molecule has 128 valence electrons. The Morgan fingerprint density at radius 2 is 1.92 bits per heavy atom. The van der Waals surface area contributed by atoms with Crippen LogP contribution in [0.5, 0.6) is 11.5 Å². The fraction of sp³-hybridized carbons (Fsp3) is 0.375. The molecular weight excluding hydrogens is 316 g/mol. The SMILES string of the molecule is C=C1C[C@H]2C(O)N(C(=O)O)c3cc(OC)c(OC)cc3C(=O)N2C1. The summed E-state index contributed by atoms with van der Waals surface area (Å²) in [6.45, 7) is 4.13. The van der Waals surface area contributed by atoms with Gasteiger partial charge in [0, 0.05) is 12.6 Å². The number of ether oxygens (including phenoxy) is 2. The summed E-state index contributed by atoms with van der Waals surface area (Å²) in [5.41, 5.74) is 0.964. The third-order valence-corrected chi connectivity index (χ3v) is 4.36. The molecule has 0 aliphatic carbocycles. The Morgan fingerprint density at radius 3 is 2.50 bits per heavy atom. The van der Waals surface area contributed by atoms with Crippen molar-refractivity contribution in [3.05, 3.63) is 29.8 Å². The maximum atomic E-state index is 12.9. The normalized spacial score (nSPS) is 22.8. The first-order valence-electron chi connectivity index (χ1n) is 7.33. The second kappa shape index (κ2) is 5.72. The van der Waals surface area contributed by atoms with Crippen molar-refractivity contribution in [2.75, 3.05) is 25.7 Å². The fourth-order valence-electron chi connectivity index (χ4n) is 3.24. The minimum atomic E-state index is -1.40. The Labute approximate surface area is 138 Å². The van der Waals surface area contributed by atoms with Gasteiger partial charge in [0.05, 0.1) is 31.5 Å². The van der Waals surface area contributed by atoms with Crippen molar-refractivity contribution < 1.29 is 29.3 Å². The Balaban J connectivity index is 2.24. The third kappa shape index (κ3) is 2.26. The van der Waals surface area contributed by atoms with Crippen molar-refractivity contribution in [3.63, 3.8) is 0 Å². The molecule has 2 aliphatic heterocycles. The highest BCUT2D eigenvalue weighted by Gasteiger charge is 2.45. The quantitative estimate of drug-likeness (QED) is 0.791. The number of anilines is 1. The molecule has 2 heterocycles. The standard InChI is InChI=1S/C16H18N2O6/c1-8-4-11-15(20)18(16(21)22)10-6-13(24-3)12(23-2)5-9(10)14(19)17(11)7-8/h5-6,11,15,20H,1,4,7H2,2-3H3,(H,21,22)/t11-,15?/m0/s1. The molecule has 1 unspecified atom stereocenters. The lowest BCUT2D eigenvalue weighted by Gasteiger charge is -2.30. The van der Waals surface area contributed by atoms with E-state index < -0.39 is 18.4 Å². The van der Waals surface area contributed by atoms with Crippen LogP contribution in [0.25, 0.3) is 0 Å². The van der Waals surface area contributed by atoms with Crippen LogP contribution in [0.2, 0.25) is 0 Å². The van der Waals surface area contributed by atoms with Crippen LogP contribution in [-0.4, -0.2) is 60.1 Å². The zero-order valence-corrected chi connectivity index (χ0v) is 13.4. The first kappa shape index (κ1) is 16.1. The van der Waals surface area contributed by atoms with E-state index in [1.165, 1.54) is 31.3 Å². The van der Waals surface area contributed by atoms with E-state index in [0.717, 1.165) is 10.5 Å². The van der Waals surface area contributed by atoms with E-state index in [1.54, 1.807) is 0 Å². The molecule has 2 amide bonds. The molecule has 2 aliphatic rings. The summed E-state index contributed by atoms with van der Waals surface area (Å²) in [6, 6.07) is 2.15. The summed E-state index contributed by atoms with van der Waals surface area (Å²) >= 11 is 0. The number of methoxy groups -OCH3 is 2. The molecule has 1 fully saturated rings. The van der Waals surface area contributed by atoms with E-state index in [0.29, 0.717) is 12.2 Å². The molecule has 1 saturated heterocycles. The molecule has 1 aromatic carbocycles. The molecule has 3 rings (SSSR count). The van der Waals surface area contributed by atoms with Crippen molar-refractivity contribution in [2.45, 2.75) is 18.7 Å². The van der Waals surface area contributed by atoms with Crippen molar-refractivity contribution in [1.29, 1.82) is 0 Å². The third-order valence-electron chi connectivity index (χ3n) is 4.36. The van der Waals surface area contributed by atoms with Crippen LogP contribution in [0.1, 0.15) is 16.8 Å². The summed E-state index contributed by atoms with van der Waals surface area (Å²) in [4.78, 5) is 26.9. The van der Waals surface area contributed by atoms with Crippen LogP contribution in [0.15, 0.2) is 24.3 Å². The van der Waals surface area contributed by atoms with E-state index in [-0.39, 0.29) is 29.5 Å². The largest absolute Gasteiger partial charge is 0.493 e. The molecule has 0 radical (unpaired) electrons. The Morgan fingerprint density at radius 1 is 1.29 bits per heavy atom. The van der Waals surface area contributed by atoms with E-state index in [4.69, 9.17) is 9.47 Å². The van der Waals surface area contributed by atoms with Crippen LogP contribution < -0.4 is 14.4 Å². The molecule has 0 bridgehead atoms. The first-order valence-corrected chi connectivity index (χ1v) is 7.33.